The van der Waals surface area contributed by atoms with Gasteiger partial charge in [-0.05, 0) is 18.6 Å². The molecule has 0 aromatic carbocycles. The summed E-state index contributed by atoms with van der Waals surface area (Å²) in [5.74, 6) is 0. The highest BCUT2D eigenvalue weighted by Crippen LogP contribution is 2.10. The van der Waals surface area contributed by atoms with Crippen molar-refractivity contribution in [2.24, 2.45) is 0 Å². The Kier molecular flexibility index (Phi) is 17.3. The van der Waals surface area contributed by atoms with Gasteiger partial charge in [0, 0.05) is 12.4 Å². The Morgan fingerprint density at radius 2 is 1.27 bits per heavy atom. The van der Waals surface area contributed by atoms with Crippen LogP contribution in [0.5, 0.6) is 0 Å². The molecule has 4 nitrogen and oxygen atoms in total. The van der Waals surface area contributed by atoms with E-state index < -0.39 is 11.0 Å². The van der Waals surface area contributed by atoms with Crippen LogP contribution in [0.1, 0.15) is 71.1 Å². The topological polar surface area (TPSA) is 56.3 Å². The first-order chi connectivity index (χ1) is 10.8. The lowest BCUT2D eigenvalue weighted by atomic mass is 10.1. The summed E-state index contributed by atoms with van der Waals surface area (Å²) in [6.07, 6.45) is 16.0. The Balaban J connectivity index is 0.000000604. The molecule has 0 amide bonds. The average Bonchev–Trinajstić information content (AvgIpc) is 2.54. The maximum absolute atomic E-state index is 10.1. The summed E-state index contributed by atoms with van der Waals surface area (Å²) in [5.41, 5.74) is 0. The molecule has 0 spiro atoms. The summed E-state index contributed by atoms with van der Waals surface area (Å²) in [6, 6.07) is 5.72. The zero-order valence-electron chi connectivity index (χ0n) is 13.8. The highest BCUT2D eigenvalue weighted by Gasteiger charge is 1.93. The van der Waals surface area contributed by atoms with Crippen molar-refractivity contribution < 1.29 is 12.6 Å². The molecular weight excluding hydrogens is 298 g/mol. The standard InChI is InChI=1S/C12H26O3S.C5H5N/c1-2-3-4-5-6-7-8-9-10-11-12-15-16(13)14;1-2-4-6-5-3-1/h16H,2-12H2,1H3;1-5H. The average molecular weight is 330 g/mol. The Hall–Kier alpha value is -0.940. The molecule has 1 rings (SSSR count). The third-order valence-corrected chi connectivity index (χ3v) is 3.65. The van der Waals surface area contributed by atoms with Gasteiger partial charge in [0.25, 0.3) is 11.0 Å². The number of hydrogen-bond acceptors (Lipinski definition) is 4. The van der Waals surface area contributed by atoms with Gasteiger partial charge in [-0.15, -0.1) is 0 Å². The van der Waals surface area contributed by atoms with Crippen molar-refractivity contribution in [1.82, 2.24) is 4.98 Å². The lowest BCUT2D eigenvalue weighted by Crippen LogP contribution is -1.92. The van der Waals surface area contributed by atoms with Gasteiger partial charge in [-0.2, -0.15) is 0 Å². The Morgan fingerprint density at radius 1 is 0.773 bits per heavy atom. The van der Waals surface area contributed by atoms with E-state index in [1.54, 1.807) is 12.4 Å². The highest BCUT2D eigenvalue weighted by atomic mass is 32.2. The van der Waals surface area contributed by atoms with Gasteiger partial charge in [-0.25, -0.2) is 8.42 Å². The minimum absolute atomic E-state index is 0.356. The fraction of sp³-hybridized carbons (Fsp3) is 0.706. The Bertz CT molecular complexity index is 348. The Morgan fingerprint density at radius 3 is 1.64 bits per heavy atom. The lowest BCUT2D eigenvalue weighted by molar-refractivity contribution is 0.319. The first kappa shape index (κ1) is 21.1. The van der Waals surface area contributed by atoms with Crippen LogP contribution < -0.4 is 0 Å². The second-order valence-electron chi connectivity index (χ2n) is 5.26. The molecule has 0 saturated carbocycles. The maximum Gasteiger partial charge on any atom is 0.257 e. The van der Waals surface area contributed by atoms with Crippen LogP contribution in [0.15, 0.2) is 30.6 Å². The molecule has 1 aromatic rings. The molecule has 1 heterocycles. The number of aromatic nitrogens is 1. The van der Waals surface area contributed by atoms with Crippen molar-refractivity contribution in [3.05, 3.63) is 30.6 Å². The second kappa shape index (κ2) is 18.1. The summed E-state index contributed by atoms with van der Waals surface area (Å²) in [7, 11) is -2.64. The molecule has 0 atom stereocenters. The molecule has 5 heteroatoms. The quantitative estimate of drug-likeness (QED) is 0.452. The van der Waals surface area contributed by atoms with Gasteiger partial charge >= 0.3 is 0 Å². The predicted molar refractivity (Wildman–Crippen MR) is 92.3 cm³/mol. The largest absolute Gasteiger partial charge is 0.272 e. The van der Waals surface area contributed by atoms with E-state index >= 15 is 0 Å². The molecule has 1 aromatic heterocycles. The molecular formula is C17H31NO3S. The van der Waals surface area contributed by atoms with Crippen LogP contribution in [0.25, 0.3) is 0 Å². The van der Waals surface area contributed by atoms with Crippen LogP contribution in [0.2, 0.25) is 0 Å². The van der Waals surface area contributed by atoms with Crippen molar-refractivity contribution in [3.63, 3.8) is 0 Å². The van der Waals surface area contributed by atoms with Gasteiger partial charge in [0.1, 0.15) is 0 Å². The molecule has 0 aliphatic rings. The molecule has 0 N–H and O–H groups in total. The fourth-order valence-electron chi connectivity index (χ4n) is 2.04. The second-order valence-corrected chi connectivity index (χ2v) is 5.97. The van der Waals surface area contributed by atoms with Crippen LogP contribution in [-0.4, -0.2) is 20.0 Å². The maximum atomic E-state index is 10.1. The van der Waals surface area contributed by atoms with Gasteiger partial charge in [-0.3, -0.25) is 9.17 Å². The normalized spacial score (nSPS) is 10.3. The first-order valence-corrected chi connectivity index (χ1v) is 9.49. The summed E-state index contributed by atoms with van der Waals surface area (Å²) >= 11 is 0. The van der Waals surface area contributed by atoms with Crippen LogP contribution in [-0.2, 0) is 15.2 Å². The number of hydrogen-bond donors (Lipinski definition) is 1. The predicted octanol–water partition coefficient (Wildman–Crippen LogP) is 4.53. The number of rotatable bonds is 12. The molecule has 0 bridgehead atoms. The third-order valence-electron chi connectivity index (χ3n) is 3.26. The van der Waals surface area contributed by atoms with Crippen molar-refractivity contribution in [1.29, 1.82) is 0 Å². The van der Waals surface area contributed by atoms with E-state index in [2.05, 4.69) is 16.1 Å². The van der Waals surface area contributed by atoms with Gasteiger partial charge in [0.2, 0.25) is 0 Å². The highest BCUT2D eigenvalue weighted by molar-refractivity contribution is 7.67. The molecule has 22 heavy (non-hydrogen) atoms. The van der Waals surface area contributed by atoms with Crippen molar-refractivity contribution >= 4 is 11.0 Å². The third kappa shape index (κ3) is 19.1. The minimum atomic E-state index is -2.64. The van der Waals surface area contributed by atoms with E-state index in [4.69, 9.17) is 0 Å². The van der Waals surface area contributed by atoms with Crippen molar-refractivity contribution in [2.75, 3.05) is 6.61 Å². The van der Waals surface area contributed by atoms with Gasteiger partial charge in [0.05, 0.1) is 6.61 Å². The molecule has 0 aliphatic carbocycles. The fourth-order valence-corrected chi connectivity index (χ4v) is 2.32. The van der Waals surface area contributed by atoms with Gasteiger partial charge in [0.15, 0.2) is 0 Å². The summed E-state index contributed by atoms with van der Waals surface area (Å²) in [4.78, 5) is 3.78. The van der Waals surface area contributed by atoms with E-state index in [9.17, 15) is 8.42 Å². The summed E-state index contributed by atoms with van der Waals surface area (Å²) in [5, 5.41) is 0. The van der Waals surface area contributed by atoms with Gasteiger partial charge < -0.3 is 0 Å². The van der Waals surface area contributed by atoms with Crippen LogP contribution in [0, 0.1) is 0 Å². The molecule has 0 radical (unpaired) electrons. The van der Waals surface area contributed by atoms with E-state index in [1.807, 2.05) is 18.2 Å². The molecule has 128 valence electrons. The van der Waals surface area contributed by atoms with Crippen LogP contribution in [0.3, 0.4) is 0 Å². The lowest BCUT2D eigenvalue weighted by Gasteiger charge is -2.01. The van der Waals surface area contributed by atoms with Crippen molar-refractivity contribution in [2.45, 2.75) is 71.1 Å². The summed E-state index contributed by atoms with van der Waals surface area (Å²) < 4.78 is 24.6. The van der Waals surface area contributed by atoms with Gasteiger partial charge in [-0.1, -0.05) is 70.8 Å². The van der Waals surface area contributed by atoms with Crippen molar-refractivity contribution in [3.8, 4) is 0 Å². The van der Waals surface area contributed by atoms with E-state index in [-0.39, 0.29) is 0 Å². The van der Waals surface area contributed by atoms with E-state index in [0.717, 1.165) is 12.8 Å². The van der Waals surface area contributed by atoms with Crippen LogP contribution >= 0.6 is 0 Å². The minimum Gasteiger partial charge on any atom is -0.272 e. The van der Waals surface area contributed by atoms with Crippen LogP contribution in [0.4, 0.5) is 0 Å². The SMILES string of the molecule is CCCCCCCCCCCCO[SH](=O)=O.c1ccncc1. The molecule has 0 aliphatic heterocycles. The summed E-state index contributed by atoms with van der Waals surface area (Å²) in [6.45, 7) is 2.59. The van der Waals surface area contributed by atoms with E-state index in [0.29, 0.717) is 6.61 Å². The smallest absolute Gasteiger partial charge is 0.257 e. The number of nitrogens with zero attached hydrogens (tertiary/aromatic N) is 1. The monoisotopic (exact) mass is 329 g/mol. The Labute approximate surface area is 137 Å². The zero-order valence-corrected chi connectivity index (χ0v) is 14.7. The number of unbranched alkanes of at least 4 members (excludes halogenated alkanes) is 9. The van der Waals surface area contributed by atoms with E-state index in [1.165, 1.54) is 51.4 Å². The number of pyridine rings is 1. The number of thiol groups is 1. The molecule has 0 unspecified atom stereocenters. The zero-order chi connectivity index (χ0) is 16.3. The molecule has 0 saturated heterocycles. The first-order valence-electron chi connectivity index (χ1n) is 8.39. The molecule has 0 fully saturated rings.